The summed E-state index contributed by atoms with van der Waals surface area (Å²) in [6, 6.07) is 15.1. The summed E-state index contributed by atoms with van der Waals surface area (Å²) in [6.07, 6.45) is 0. The van der Waals surface area contributed by atoms with Gasteiger partial charge in [-0.2, -0.15) is 0 Å². The van der Waals surface area contributed by atoms with Gasteiger partial charge in [0, 0.05) is 11.3 Å². The number of carbonyl (C=O) groups is 3. The molecule has 0 aliphatic carbocycles. The molecule has 0 aliphatic heterocycles. The van der Waals surface area contributed by atoms with Crippen molar-refractivity contribution in [2.45, 2.75) is 6.92 Å². The third-order valence-electron chi connectivity index (χ3n) is 2.82. The second kappa shape index (κ2) is 7.17. The highest BCUT2D eigenvalue weighted by Crippen LogP contribution is 2.12. The van der Waals surface area contributed by atoms with Crippen molar-refractivity contribution in [2.24, 2.45) is 0 Å². The van der Waals surface area contributed by atoms with Crippen LogP contribution in [0.4, 0.5) is 5.69 Å². The first kappa shape index (κ1) is 15.4. The topological polar surface area (TPSA) is 72.5 Å². The maximum atomic E-state index is 12.0. The first-order valence-corrected chi connectivity index (χ1v) is 6.69. The average molecular weight is 297 g/mol. The number of ketones is 1. The number of anilines is 1. The predicted molar refractivity (Wildman–Crippen MR) is 81.8 cm³/mol. The third kappa shape index (κ3) is 4.28. The molecule has 0 radical (unpaired) electrons. The van der Waals surface area contributed by atoms with Crippen molar-refractivity contribution >= 4 is 23.3 Å². The van der Waals surface area contributed by atoms with Gasteiger partial charge in [-0.1, -0.05) is 18.2 Å². The van der Waals surface area contributed by atoms with Crippen LogP contribution in [0.1, 0.15) is 27.6 Å². The average Bonchev–Trinajstić information content (AvgIpc) is 2.54. The lowest BCUT2D eigenvalue weighted by Crippen LogP contribution is -2.13. The summed E-state index contributed by atoms with van der Waals surface area (Å²) >= 11 is 0. The van der Waals surface area contributed by atoms with Crippen LogP contribution in [0.25, 0.3) is 0 Å². The Morgan fingerprint density at radius 2 is 1.55 bits per heavy atom. The molecule has 1 amide bonds. The fourth-order valence-corrected chi connectivity index (χ4v) is 1.73. The minimum absolute atomic E-state index is 0.222. The lowest BCUT2D eigenvalue weighted by Gasteiger charge is -2.06. The van der Waals surface area contributed by atoms with Crippen molar-refractivity contribution in [1.29, 1.82) is 0 Å². The number of ether oxygens (including phenoxy) is 1. The highest BCUT2D eigenvalue weighted by Gasteiger charge is 2.09. The van der Waals surface area contributed by atoms with Gasteiger partial charge < -0.3 is 10.1 Å². The van der Waals surface area contributed by atoms with Gasteiger partial charge in [-0.25, -0.2) is 4.79 Å². The van der Waals surface area contributed by atoms with E-state index in [1.807, 2.05) is 6.07 Å². The lowest BCUT2D eigenvalue weighted by atomic mass is 10.2. The van der Waals surface area contributed by atoms with Gasteiger partial charge in [0.05, 0.1) is 5.56 Å². The van der Waals surface area contributed by atoms with Gasteiger partial charge in [0.2, 0.25) is 0 Å². The number of Topliss-reactive ketones (excluding diaryl/α,β-unsaturated/α-hetero) is 1. The molecule has 0 bridgehead atoms. The number of hydrogen-bond acceptors (Lipinski definition) is 4. The van der Waals surface area contributed by atoms with Gasteiger partial charge in [-0.3, -0.25) is 9.59 Å². The van der Waals surface area contributed by atoms with Crippen LogP contribution in [-0.4, -0.2) is 24.3 Å². The van der Waals surface area contributed by atoms with Crippen LogP contribution >= 0.6 is 0 Å². The highest BCUT2D eigenvalue weighted by atomic mass is 16.5. The first-order chi connectivity index (χ1) is 10.6. The quantitative estimate of drug-likeness (QED) is 0.861. The van der Waals surface area contributed by atoms with Gasteiger partial charge in [0.1, 0.15) is 6.61 Å². The largest absolute Gasteiger partial charge is 0.454 e. The highest BCUT2D eigenvalue weighted by molar-refractivity contribution is 6.04. The van der Waals surface area contributed by atoms with E-state index in [2.05, 4.69) is 5.32 Å². The molecule has 0 spiro atoms. The second-order valence-electron chi connectivity index (χ2n) is 4.68. The molecule has 2 aromatic rings. The zero-order chi connectivity index (χ0) is 15.9. The van der Waals surface area contributed by atoms with E-state index in [0.29, 0.717) is 16.8 Å². The Morgan fingerprint density at radius 1 is 0.909 bits per heavy atom. The van der Waals surface area contributed by atoms with E-state index >= 15 is 0 Å². The Hall–Kier alpha value is -2.95. The monoisotopic (exact) mass is 297 g/mol. The van der Waals surface area contributed by atoms with E-state index in [-0.39, 0.29) is 18.3 Å². The summed E-state index contributed by atoms with van der Waals surface area (Å²) < 4.78 is 4.80. The molecule has 0 fully saturated rings. The van der Waals surface area contributed by atoms with Crippen molar-refractivity contribution < 1.29 is 19.1 Å². The SMILES string of the molecule is CC(=O)COC(=O)c1ccc(NC(=O)c2ccccc2)cc1. The molecule has 2 rings (SSSR count). The molecule has 22 heavy (non-hydrogen) atoms. The van der Waals surface area contributed by atoms with Gasteiger partial charge in [0.25, 0.3) is 5.91 Å². The van der Waals surface area contributed by atoms with E-state index < -0.39 is 5.97 Å². The van der Waals surface area contributed by atoms with Crippen LogP contribution < -0.4 is 5.32 Å². The molecule has 0 unspecified atom stereocenters. The molecule has 2 aromatic carbocycles. The molecule has 0 saturated heterocycles. The minimum atomic E-state index is -0.573. The molecule has 0 saturated carbocycles. The van der Waals surface area contributed by atoms with Crippen LogP contribution in [0.15, 0.2) is 54.6 Å². The van der Waals surface area contributed by atoms with Crippen LogP contribution in [0.5, 0.6) is 0 Å². The van der Waals surface area contributed by atoms with Crippen LogP contribution in [-0.2, 0) is 9.53 Å². The summed E-state index contributed by atoms with van der Waals surface area (Å²) in [5.41, 5.74) is 1.43. The zero-order valence-electron chi connectivity index (χ0n) is 12.0. The summed E-state index contributed by atoms with van der Waals surface area (Å²) in [5, 5.41) is 2.73. The van der Waals surface area contributed by atoms with Crippen LogP contribution in [0, 0.1) is 0 Å². The van der Waals surface area contributed by atoms with E-state index in [4.69, 9.17) is 4.74 Å². The van der Waals surface area contributed by atoms with Crippen molar-refractivity contribution in [2.75, 3.05) is 11.9 Å². The number of nitrogens with one attached hydrogen (secondary N) is 1. The van der Waals surface area contributed by atoms with E-state index in [1.54, 1.807) is 36.4 Å². The summed E-state index contributed by atoms with van der Waals surface area (Å²) in [5.74, 6) is -1.02. The van der Waals surface area contributed by atoms with E-state index in [0.717, 1.165) is 0 Å². The van der Waals surface area contributed by atoms with Crippen molar-refractivity contribution in [3.05, 3.63) is 65.7 Å². The van der Waals surface area contributed by atoms with Gasteiger partial charge in [-0.15, -0.1) is 0 Å². The van der Waals surface area contributed by atoms with Gasteiger partial charge in [0.15, 0.2) is 5.78 Å². The minimum Gasteiger partial charge on any atom is -0.454 e. The van der Waals surface area contributed by atoms with Crippen LogP contribution in [0.2, 0.25) is 0 Å². The number of rotatable bonds is 5. The predicted octanol–water partition coefficient (Wildman–Crippen LogP) is 2.68. The molecule has 1 N–H and O–H groups in total. The molecule has 0 aromatic heterocycles. The standard InChI is InChI=1S/C17H15NO4/c1-12(19)11-22-17(21)14-7-9-15(10-8-14)18-16(20)13-5-3-2-4-6-13/h2-10H,11H2,1H3,(H,18,20). The molecule has 0 heterocycles. The van der Waals surface area contributed by atoms with Crippen molar-refractivity contribution in [3.8, 4) is 0 Å². The number of hydrogen-bond donors (Lipinski definition) is 1. The molecular weight excluding hydrogens is 282 g/mol. The molecule has 112 valence electrons. The van der Waals surface area contributed by atoms with Gasteiger partial charge >= 0.3 is 5.97 Å². The Morgan fingerprint density at radius 3 is 2.14 bits per heavy atom. The Balaban J connectivity index is 1.98. The maximum Gasteiger partial charge on any atom is 0.338 e. The number of esters is 1. The Kier molecular flexibility index (Phi) is 5.03. The molecule has 0 atom stereocenters. The molecule has 0 aliphatic rings. The van der Waals surface area contributed by atoms with E-state index in [9.17, 15) is 14.4 Å². The fraction of sp³-hybridized carbons (Fsp3) is 0.118. The third-order valence-corrected chi connectivity index (χ3v) is 2.82. The molecular formula is C17H15NO4. The zero-order valence-corrected chi connectivity index (χ0v) is 12.0. The fourth-order valence-electron chi connectivity index (χ4n) is 1.73. The Bertz CT molecular complexity index is 678. The number of amides is 1. The molecule has 5 nitrogen and oxygen atoms in total. The first-order valence-electron chi connectivity index (χ1n) is 6.69. The normalized spacial score (nSPS) is 9.86. The lowest BCUT2D eigenvalue weighted by molar-refractivity contribution is -0.120. The van der Waals surface area contributed by atoms with Crippen molar-refractivity contribution in [3.63, 3.8) is 0 Å². The van der Waals surface area contributed by atoms with Crippen molar-refractivity contribution in [1.82, 2.24) is 0 Å². The van der Waals surface area contributed by atoms with Crippen LogP contribution in [0.3, 0.4) is 0 Å². The second-order valence-corrected chi connectivity index (χ2v) is 4.68. The smallest absolute Gasteiger partial charge is 0.338 e. The molecule has 5 heteroatoms. The maximum absolute atomic E-state index is 12.0. The Labute approximate surface area is 127 Å². The summed E-state index contributed by atoms with van der Waals surface area (Å²) in [6.45, 7) is 1.10. The summed E-state index contributed by atoms with van der Waals surface area (Å²) in [7, 11) is 0. The number of carbonyl (C=O) groups excluding carboxylic acids is 3. The number of benzene rings is 2. The van der Waals surface area contributed by atoms with Gasteiger partial charge in [-0.05, 0) is 43.3 Å². The van der Waals surface area contributed by atoms with E-state index in [1.165, 1.54) is 19.1 Å². The summed E-state index contributed by atoms with van der Waals surface area (Å²) in [4.78, 5) is 34.4.